The molecule has 1 unspecified atom stereocenters. The molecule has 0 amide bonds. The van der Waals surface area contributed by atoms with Crippen LogP contribution in [0.1, 0.15) is 5.56 Å². The standard InChI is InChI=1S/C19H13FN4O3.CHF3O3S/c1-23-15-9-22-13-7-17(27-2)16(25)6-11(13)18(15)24(19(23)26)14-4-3-10(8-21)5-12(14)20;2-1(3,4)8(5,6)7/h3-7,9,17H,1-2H3;(H,5,6,7). The van der Waals surface area contributed by atoms with Crippen LogP contribution in [0.4, 0.5) is 17.6 Å². The van der Waals surface area contributed by atoms with Crippen LogP contribution in [0.25, 0.3) is 28.9 Å². The molecule has 3 aromatic rings. The molecule has 1 aliphatic rings. The second-order valence-corrected chi connectivity index (χ2v) is 8.45. The third-order valence-corrected chi connectivity index (χ3v) is 5.49. The van der Waals surface area contributed by atoms with Crippen molar-refractivity contribution in [1.29, 1.82) is 5.26 Å². The summed E-state index contributed by atoms with van der Waals surface area (Å²) in [6.45, 7) is 0. The fourth-order valence-electron chi connectivity index (χ4n) is 3.24. The third-order valence-electron chi connectivity index (χ3n) is 4.90. The minimum absolute atomic E-state index is 0.00675. The van der Waals surface area contributed by atoms with Crippen LogP contribution in [0.3, 0.4) is 0 Å². The first-order chi connectivity index (χ1) is 16.2. The number of nitrogens with zero attached hydrogens (tertiary/aromatic N) is 4. The Labute approximate surface area is 193 Å². The minimum Gasteiger partial charge on any atom is -0.369 e. The molecule has 2 heterocycles. The van der Waals surface area contributed by atoms with Crippen LogP contribution in [0.15, 0.2) is 29.2 Å². The Kier molecular flexibility index (Phi) is 6.66. The summed E-state index contributed by atoms with van der Waals surface area (Å²) in [6, 6.07) is 5.72. The van der Waals surface area contributed by atoms with Gasteiger partial charge in [-0.1, -0.05) is 0 Å². The van der Waals surface area contributed by atoms with Crippen molar-refractivity contribution in [3.8, 4) is 11.8 Å². The molecule has 0 bridgehead atoms. The van der Waals surface area contributed by atoms with Gasteiger partial charge in [0.05, 0.1) is 39.9 Å². The normalized spacial score (nSPS) is 15.4. The number of aromatic nitrogens is 3. The molecule has 4 rings (SSSR count). The highest BCUT2D eigenvalue weighted by Gasteiger charge is 2.44. The number of ketones is 1. The average Bonchev–Trinajstić information content (AvgIpc) is 3.03. The Bertz CT molecular complexity index is 1680. The lowest BCUT2D eigenvalue weighted by Crippen LogP contribution is -2.39. The lowest BCUT2D eigenvalue weighted by Gasteiger charge is -2.12. The Hall–Kier alpha value is -3.87. The fraction of sp³-hybridized carbons (Fsp3) is 0.200. The van der Waals surface area contributed by atoms with Crippen molar-refractivity contribution in [2.45, 2.75) is 11.6 Å². The molecule has 1 atom stereocenters. The number of imidazole rings is 1. The van der Waals surface area contributed by atoms with Gasteiger partial charge in [0.2, 0.25) is 0 Å². The molecule has 1 N–H and O–H groups in total. The molecule has 15 heteroatoms. The fourth-order valence-corrected chi connectivity index (χ4v) is 3.24. The van der Waals surface area contributed by atoms with Gasteiger partial charge in [-0.3, -0.25) is 23.5 Å². The number of nitriles is 1. The van der Waals surface area contributed by atoms with E-state index in [2.05, 4.69) is 4.98 Å². The monoisotopic (exact) mass is 514 g/mol. The zero-order chi connectivity index (χ0) is 26.3. The maximum absolute atomic E-state index is 14.6. The summed E-state index contributed by atoms with van der Waals surface area (Å²) in [5.74, 6) is -1.00. The maximum atomic E-state index is 14.6. The van der Waals surface area contributed by atoms with Gasteiger partial charge in [0.15, 0.2) is 5.78 Å². The van der Waals surface area contributed by atoms with Gasteiger partial charge >= 0.3 is 21.3 Å². The number of fused-ring (bicyclic) bond motifs is 3. The van der Waals surface area contributed by atoms with E-state index in [1.165, 1.54) is 40.6 Å². The van der Waals surface area contributed by atoms with Crippen LogP contribution in [0.5, 0.6) is 0 Å². The number of hydrogen-bond acceptors (Lipinski definition) is 7. The Morgan fingerprint density at radius 2 is 1.89 bits per heavy atom. The molecule has 0 radical (unpaired) electrons. The Balaban J connectivity index is 0.000000371. The van der Waals surface area contributed by atoms with E-state index in [0.29, 0.717) is 21.6 Å². The number of alkyl halides is 3. The van der Waals surface area contributed by atoms with Crippen LogP contribution >= 0.6 is 0 Å². The molecule has 0 fully saturated rings. The molecule has 184 valence electrons. The predicted molar refractivity (Wildman–Crippen MR) is 113 cm³/mol. The number of hydrogen-bond donors (Lipinski definition) is 1. The highest BCUT2D eigenvalue weighted by atomic mass is 32.2. The van der Waals surface area contributed by atoms with E-state index >= 15 is 0 Å². The summed E-state index contributed by atoms with van der Waals surface area (Å²) < 4.78 is 79.8. The zero-order valence-electron chi connectivity index (χ0n) is 17.7. The minimum atomic E-state index is -5.84. The number of Topliss-reactive ketones (excluding diaryl/α,β-unsaturated/α-hetero) is 1. The van der Waals surface area contributed by atoms with Crippen LogP contribution in [0, 0.1) is 17.1 Å². The molecular weight excluding hydrogens is 500 g/mol. The number of methoxy groups -OCH3 is 1. The van der Waals surface area contributed by atoms with Gasteiger partial charge in [-0.15, -0.1) is 0 Å². The van der Waals surface area contributed by atoms with Crippen molar-refractivity contribution < 1.29 is 40.1 Å². The average molecular weight is 514 g/mol. The van der Waals surface area contributed by atoms with E-state index in [4.69, 9.17) is 23.0 Å². The lowest BCUT2D eigenvalue weighted by atomic mass is 10.1. The van der Waals surface area contributed by atoms with Crippen molar-refractivity contribution >= 4 is 39.1 Å². The number of benzene rings is 1. The smallest absolute Gasteiger partial charge is 0.369 e. The first-order valence-electron chi connectivity index (χ1n) is 9.31. The summed E-state index contributed by atoms with van der Waals surface area (Å²) in [4.78, 5) is 29.4. The number of ether oxygens (including phenoxy) is 1. The van der Waals surface area contributed by atoms with Crippen molar-refractivity contribution in [3.05, 3.63) is 56.8 Å². The second-order valence-electron chi connectivity index (χ2n) is 7.04. The molecule has 0 aliphatic heterocycles. The summed E-state index contributed by atoms with van der Waals surface area (Å²) in [6.07, 6.45) is 3.67. The van der Waals surface area contributed by atoms with Crippen molar-refractivity contribution in [2.75, 3.05) is 7.11 Å². The van der Waals surface area contributed by atoms with E-state index < -0.39 is 33.2 Å². The number of carbonyl (C=O) groups is 1. The van der Waals surface area contributed by atoms with E-state index in [1.807, 2.05) is 6.07 Å². The van der Waals surface area contributed by atoms with Gasteiger partial charge in [-0.05, 0) is 30.4 Å². The Morgan fingerprint density at radius 3 is 2.40 bits per heavy atom. The predicted octanol–water partition coefficient (Wildman–Crippen LogP) is 0.288. The zero-order valence-corrected chi connectivity index (χ0v) is 18.6. The molecule has 35 heavy (non-hydrogen) atoms. The van der Waals surface area contributed by atoms with E-state index in [1.54, 1.807) is 13.1 Å². The third kappa shape index (κ3) is 4.71. The highest BCUT2D eigenvalue weighted by molar-refractivity contribution is 7.86. The summed E-state index contributed by atoms with van der Waals surface area (Å²) >= 11 is 0. The topological polar surface area (TPSA) is 144 Å². The summed E-state index contributed by atoms with van der Waals surface area (Å²) in [7, 11) is -2.88. The number of carbonyl (C=O) groups excluding carboxylic acids is 1. The molecule has 0 spiro atoms. The summed E-state index contributed by atoms with van der Waals surface area (Å²) in [5, 5.41) is 9.83. The molecule has 0 saturated carbocycles. The van der Waals surface area contributed by atoms with Crippen LogP contribution in [0.2, 0.25) is 0 Å². The van der Waals surface area contributed by atoms with Gasteiger partial charge in [0.25, 0.3) is 0 Å². The quantitative estimate of drug-likeness (QED) is 0.292. The van der Waals surface area contributed by atoms with E-state index in [9.17, 15) is 27.2 Å². The van der Waals surface area contributed by atoms with E-state index in [0.717, 1.165) is 6.07 Å². The Morgan fingerprint density at radius 1 is 1.26 bits per heavy atom. The molecule has 0 saturated heterocycles. The highest BCUT2D eigenvalue weighted by Crippen LogP contribution is 2.20. The van der Waals surface area contributed by atoms with Gasteiger partial charge < -0.3 is 4.74 Å². The molecule has 1 aliphatic carbocycles. The van der Waals surface area contributed by atoms with Crippen molar-refractivity contribution in [1.82, 2.24) is 14.1 Å². The van der Waals surface area contributed by atoms with Crippen LogP contribution in [-0.2, 0) is 26.7 Å². The van der Waals surface area contributed by atoms with Crippen LogP contribution < -0.4 is 16.3 Å². The number of halogens is 4. The molecule has 2 aromatic heterocycles. The number of rotatable bonds is 2. The van der Waals surface area contributed by atoms with Gasteiger partial charge in [0.1, 0.15) is 11.9 Å². The second kappa shape index (κ2) is 9.06. The van der Waals surface area contributed by atoms with Gasteiger partial charge in [-0.25, -0.2) is 9.18 Å². The van der Waals surface area contributed by atoms with E-state index in [-0.39, 0.29) is 17.0 Å². The SMILES string of the molecule is COC1C=c2ncc3c(c2=CC1=O)n(-c1ccc(C#N)cc1F)c(=O)n3C.O=S(=O)(O)C(F)(F)F. The summed E-state index contributed by atoms with van der Waals surface area (Å²) in [5.41, 5.74) is -5.06. The first-order valence-corrected chi connectivity index (χ1v) is 10.8. The molecule has 1 aromatic carbocycles. The molecule has 10 nitrogen and oxygen atoms in total. The van der Waals surface area contributed by atoms with Gasteiger partial charge in [-0.2, -0.15) is 26.9 Å². The van der Waals surface area contributed by atoms with Crippen molar-refractivity contribution in [3.63, 3.8) is 0 Å². The van der Waals surface area contributed by atoms with Crippen LogP contribution in [-0.4, -0.2) is 51.6 Å². The lowest BCUT2D eigenvalue weighted by molar-refractivity contribution is -0.119. The largest absolute Gasteiger partial charge is 0.522 e. The van der Waals surface area contributed by atoms with Gasteiger partial charge in [0, 0.05) is 19.4 Å². The molecular formula is C20H14F4N4O6S. The number of pyridine rings is 1. The maximum Gasteiger partial charge on any atom is 0.522 e. The first kappa shape index (κ1) is 25.7. The van der Waals surface area contributed by atoms with Crippen molar-refractivity contribution in [2.24, 2.45) is 7.05 Å². The number of aryl methyl sites for hydroxylation is 1.